The van der Waals surface area contributed by atoms with E-state index in [2.05, 4.69) is 15.8 Å². The molecule has 0 amide bonds. The Kier molecular flexibility index (Phi) is 5.54. The normalized spacial score (nSPS) is 11.3. The molecule has 0 aliphatic rings. The van der Waals surface area contributed by atoms with Crippen molar-refractivity contribution in [3.63, 3.8) is 0 Å². The molecule has 0 saturated carbocycles. The van der Waals surface area contributed by atoms with E-state index in [1.165, 1.54) is 19.8 Å². The predicted octanol–water partition coefficient (Wildman–Crippen LogP) is 5.33. The second-order valence-corrected chi connectivity index (χ2v) is 5.90. The molecule has 0 bridgehead atoms. The van der Waals surface area contributed by atoms with Crippen LogP contribution < -0.4 is 14.2 Å². The van der Waals surface area contributed by atoms with Crippen LogP contribution in [0.15, 0.2) is 42.5 Å². The summed E-state index contributed by atoms with van der Waals surface area (Å²) in [5.41, 5.74) is 3.56. The summed E-state index contributed by atoms with van der Waals surface area (Å²) in [6.45, 7) is -0.935. The highest BCUT2D eigenvalue weighted by Gasteiger charge is 2.17. The Morgan fingerprint density at radius 1 is 0.926 bits per heavy atom. The van der Waals surface area contributed by atoms with Gasteiger partial charge in [0.25, 0.3) is 0 Å². The number of pyridine rings is 1. The number of aryl methyl sites for hydroxylation is 1. The minimum absolute atomic E-state index is 0.133. The van der Waals surface area contributed by atoms with Crippen LogP contribution >= 0.6 is 0 Å². The van der Waals surface area contributed by atoms with Crippen LogP contribution in [0, 0.1) is 6.92 Å². The number of aromatic nitrogens is 1. The van der Waals surface area contributed by atoms with Crippen LogP contribution in [0.4, 0.5) is 8.78 Å². The highest BCUT2D eigenvalue weighted by molar-refractivity contribution is 5.81. The lowest BCUT2D eigenvalue weighted by atomic mass is 10.1. The van der Waals surface area contributed by atoms with Gasteiger partial charge in [-0.05, 0) is 48.9 Å². The average Bonchev–Trinajstić information content (AvgIpc) is 2.66. The standard InChI is InChI=1S/C21H19F2NO3/c1-13-4-9-17-15(10-13)6-8-16(24-17)7-5-14-11-18(25-2)20(27-21(22)23)19(12-14)26-3/h4-12,21H,1-3H3/b7-5+. The lowest BCUT2D eigenvalue weighted by Crippen LogP contribution is -2.05. The van der Waals surface area contributed by atoms with Crippen LogP contribution in [0.1, 0.15) is 16.8 Å². The number of fused-ring (bicyclic) bond motifs is 1. The SMILES string of the molecule is COc1cc(/C=C/c2ccc3cc(C)ccc3n2)cc(OC)c1OC(F)F. The van der Waals surface area contributed by atoms with E-state index in [1.54, 1.807) is 18.2 Å². The molecule has 6 heteroatoms. The number of halogens is 2. The number of benzene rings is 2. The minimum atomic E-state index is -2.97. The monoisotopic (exact) mass is 371 g/mol. The molecule has 3 rings (SSSR count). The number of methoxy groups -OCH3 is 2. The Bertz CT molecular complexity index is 961. The quantitative estimate of drug-likeness (QED) is 0.587. The summed E-state index contributed by atoms with van der Waals surface area (Å²) < 4.78 is 40.1. The van der Waals surface area contributed by atoms with Crippen molar-refractivity contribution in [3.8, 4) is 17.2 Å². The van der Waals surface area contributed by atoms with Crippen LogP contribution in [0.5, 0.6) is 17.2 Å². The lowest BCUT2D eigenvalue weighted by Gasteiger charge is -2.14. The molecule has 4 nitrogen and oxygen atoms in total. The van der Waals surface area contributed by atoms with Crippen LogP contribution in [-0.2, 0) is 0 Å². The molecule has 1 aromatic heterocycles. The second-order valence-electron chi connectivity index (χ2n) is 5.90. The molecule has 140 valence electrons. The Morgan fingerprint density at radius 3 is 2.26 bits per heavy atom. The van der Waals surface area contributed by atoms with Crippen LogP contribution in [0.3, 0.4) is 0 Å². The number of rotatable bonds is 6. The lowest BCUT2D eigenvalue weighted by molar-refractivity contribution is -0.0526. The zero-order valence-corrected chi connectivity index (χ0v) is 15.2. The molecular weight excluding hydrogens is 352 g/mol. The molecule has 0 aliphatic carbocycles. The van der Waals surface area contributed by atoms with Gasteiger partial charge in [0.15, 0.2) is 11.5 Å². The fraction of sp³-hybridized carbons (Fsp3) is 0.190. The Labute approximate surface area is 156 Å². The molecule has 0 aliphatic heterocycles. The van der Waals surface area contributed by atoms with Crippen LogP contribution in [-0.4, -0.2) is 25.8 Å². The van der Waals surface area contributed by atoms with E-state index in [-0.39, 0.29) is 17.2 Å². The summed E-state index contributed by atoms with van der Waals surface area (Å²) in [6, 6.07) is 13.2. The Balaban J connectivity index is 1.93. The van der Waals surface area contributed by atoms with Gasteiger partial charge in [0.1, 0.15) is 0 Å². The fourth-order valence-corrected chi connectivity index (χ4v) is 2.74. The van der Waals surface area contributed by atoms with E-state index < -0.39 is 6.61 Å². The summed E-state index contributed by atoms with van der Waals surface area (Å²) in [5.74, 6) is 0.193. The van der Waals surface area contributed by atoms with Crippen LogP contribution in [0.25, 0.3) is 23.1 Å². The van der Waals surface area contributed by atoms with Crippen LogP contribution in [0.2, 0.25) is 0 Å². The smallest absolute Gasteiger partial charge is 0.387 e. The van der Waals surface area contributed by atoms with E-state index in [4.69, 9.17) is 9.47 Å². The molecule has 3 aromatic rings. The summed E-state index contributed by atoms with van der Waals surface area (Å²) in [5, 5.41) is 1.07. The Hall–Kier alpha value is -3.15. The van der Waals surface area contributed by atoms with Gasteiger partial charge in [0, 0.05) is 5.39 Å². The summed E-state index contributed by atoms with van der Waals surface area (Å²) in [4.78, 5) is 4.60. The predicted molar refractivity (Wildman–Crippen MR) is 102 cm³/mol. The van der Waals surface area contributed by atoms with Crippen molar-refractivity contribution in [2.45, 2.75) is 13.5 Å². The number of hydrogen-bond acceptors (Lipinski definition) is 4. The van der Waals surface area contributed by atoms with Gasteiger partial charge in [-0.15, -0.1) is 0 Å². The van der Waals surface area contributed by atoms with Gasteiger partial charge in [-0.2, -0.15) is 8.78 Å². The first-order valence-corrected chi connectivity index (χ1v) is 8.26. The highest BCUT2D eigenvalue weighted by Crippen LogP contribution is 2.40. The van der Waals surface area contributed by atoms with E-state index in [0.717, 1.165) is 16.6 Å². The van der Waals surface area contributed by atoms with Gasteiger partial charge in [-0.1, -0.05) is 23.8 Å². The molecule has 0 N–H and O–H groups in total. The zero-order chi connectivity index (χ0) is 19.4. The third-order valence-corrected chi connectivity index (χ3v) is 4.00. The van der Waals surface area contributed by atoms with E-state index in [0.29, 0.717) is 5.56 Å². The van der Waals surface area contributed by atoms with Crippen molar-refractivity contribution < 1.29 is 23.0 Å². The topological polar surface area (TPSA) is 40.6 Å². The largest absolute Gasteiger partial charge is 0.493 e. The maximum atomic E-state index is 12.6. The minimum Gasteiger partial charge on any atom is -0.493 e. The molecule has 27 heavy (non-hydrogen) atoms. The van der Waals surface area contributed by atoms with Gasteiger partial charge in [0.05, 0.1) is 25.4 Å². The molecule has 0 atom stereocenters. The van der Waals surface area contributed by atoms with E-state index in [1.807, 2.05) is 37.3 Å². The average molecular weight is 371 g/mol. The molecule has 0 saturated heterocycles. The summed E-state index contributed by atoms with van der Waals surface area (Å²) in [6.07, 6.45) is 3.64. The first kappa shape index (κ1) is 18.6. The third-order valence-electron chi connectivity index (χ3n) is 4.00. The molecular formula is C21H19F2NO3. The molecule has 0 spiro atoms. The molecule has 1 heterocycles. The maximum Gasteiger partial charge on any atom is 0.387 e. The number of alkyl halides is 2. The third kappa shape index (κ3) is 4.34. The van der Waals surface area contributed by atoms with Gasteiger partial charge >= 0.3 is 6.61 Å². The van der Waals surface area contributed by atoms with Crippen molar-refractivity contribution in [3.05, 3.63) is 59.3 Å². The van der Waals surface area contributed by atoms with Crippen molar-refractivity contribution in [2.75, 3.05) is 14.2 Å². The number of ether oxygens (including phenoxy) is 3. The van der Waals surface area contributed by atoms with Gasteiger partial charge in [-0.3, -0.25) is 0 Å². The second kappa shape index (κ2) is 8.03. The fourth-order valence-electron chi connectivity index (χ4n) is 2.74. The van der Waals surface area contributed by atoms with Crippen molar-refractivity contribution in [1.82, 2.24) is 4.98 Å². The number of hydrogen-bond donors (Lipinski definition) is 0. The molecule has 2 aromatic carbocycles. The molecule has 0 fully saturated rings. The Morgan fingerprint density at radius 2 is 1.63 bits per heavy atom. The van der Waals surface area contributed by atoms with Crippen molar-refractivity contribution >= 4 is 23.1 Å². The first-order chi connectivity index (χ1) is 13.0. The number of nitrogens with zero attached hydrogens (tertiary/aromatic N) is 1. The van der Waals surface area contributed by atoms with Gasteiger partial charge in [-0.25, -0.2) is 4.98 Å². The summed E-state index contributed by atoms with van der Waals surface area (Å²) >= 11 is 0. The molecule has 0 radical (unpaired) electrons. The zero-order valence-electron chi connectivity index (χ0n) is 15.2. The molecule has 0 unspecified atom stereocenters. The van der Waals surface area contributed by atoms with Gasteiger partial charge in [0.2, 0.25) is 5.75 Å². The van der Waals surface area contributed by atoms with Crippen molar-refractivity contribution in [1.29, 1.82) is 0 Å². The van der Waals surface area contributed by atoms with E-state index in [9.17, 15) is 8.78 Å². The van der Waals surface area contributed by atoms with E-state index >= 15 is 0 Å². The highest BCUT2D eigenvalue weighted by atomic mass is 19.3. The summed E-state index contributed by atoms with van der Waals surface area (Å²) in [7, 11) is 2.76. The first-order valence-electron chi connectivity index (χ1n) is 8.26. The van der Waals surface area contributed by atoms with Crippen molar-refractivity contribution in [2.24, 2.45) is 0 Å². The maximum absolute atomic E-state index is 12.6. The van der Waals surface area contributed by atoms with Gasteiger partial charge < -0.3 is 14.2 Å².